The number of carbonyl (C=O) groups is 4. The lowest BCUT2D eigenvalue weighted by Crippen LogP contribution is -2.59. The molecular weight excluding hydrogens is 432 g/mol. The largest absolute Gasteiger partial charge is 0.346 e. The summed E-state index contributed by atoms with van der Waals surface area (Å²) in [5, 5.41) is 5.23. The first kappa shape index (κ1) is 26.3. The molecule has 0 aromatic heterocycles. The summed E-state index contributed by atoms with van der Waals surface area (Å²) in [7, 11) is 0. The molecule has 0 aromatic rings. The number of halogens is 1. The number of Topliss-reactive ketones (excluding diaryl/α,β-unsaturated/α-hetero) is 1. The zero-order valence-corrected chi connectivity index (χ0v) is 20.7. The highest BCUT2D eigenvalue weighted by molar-refractivity contribution is 6.38. The average Bonchev–Trinajstić information content (AvgIpc) is 3.04. The fourth-order valence-electron chi connectivity index (χ4n) is 4.78. The van der Waals surface area contributed by atoms with Gasteiger partial charge in [0.2, 0.25) is 17.6 Å². The first-order valence-corrected chi connectivity index (χ1v) is 11.6. The Morgan fingerprint density at radius 3 is 2.38 bits per heavy atom. The molecule has 0 aromatic carbocycles. The van der Waals surface area contributed by atoms with E-state index < -0.39 is 41.1 Å². The molecule has 1 unspecified atom stereocenters. The quantitative estimate of drug-likeness (QED) is 0.257. The summed E-state index contributed by atoms with van der Waals surface area (Å²) in [5.74, 6) is -1.89. The van der Waals surface area contributed by atoms with Gasteiger partial charge in [-0.15, -0.1) is 6.58 Å². The Hall–Kier alpha value is -1.93. The van der Waals surface area contributed by atoms with Crippen LogP contribution in [0.25, 0.3) is 0 Å². The van der Waals surface area contributed by atoms with Crippen molar-refractivity contribution in [2.24, 2.45) is 22.7 Å². The van der Waals surface area contributed by atoms with Crippen LogP contribution in [-0.4, -0.2) is 59.6 Å². The third-order valence-corrected chi connectivity index (χ3v) is 7.04. The van der Waals surface area contributed by atoms with E-state index in [-0.39, 0.29) is 29.7 Å². The summed E-state index contributed by atoms with van der Waals surface area (Å²) in [6, 6.07) is -2.32. The molecule has 1 aliphatic heterocycles. The Morgan fingerprint density at radius 1 is 1.25 bits per heavy atom. The molecule has 2 rings (SSSR count). The monoisotopic (exact) mass is 468 g/mol. The Morgan fingerprint density at radius 2 is 1.88 bits per heavy atom. The zero-order chi connectivity index (χ0) is 24.4. The minimum absolute atomic E-state index is 0.00522. The predicted octanol–water partition coefficient (Wildman–Crippen LogP) is 1.78. The Kier molecular flexibility index (Phi) is 8.15. The third kappa shape index (κ3) is 5.17. The molecule has 32 heavy (non-hydrogen) atoms. The van der Waals surface area contributed by atoms with E-state index >= 15 is 0 Å². The summed E-state index contributed by atoms with van der Waals surface area (Å²) in [4.78, 5) is 55.7. The van der Waals surface area contributed by atoms with Gasteiger partial charge < -0.3 is 15.5 Å². The summed E-state index contributed by atoms with van der Waals surface area (Å²) in [6.07, 6.45) is 2.42. The van der Waals surface area contributed by atoms with Crippen LogP contribution >= 0.6 is 11.8 Å². The molecule has 3 N–H and O–H groups in total. The van der Waals surface area contributed by atoms with Gasteiger partial charge in [0.05, 0.1) is 6.04 Å². The normalized spacial score (nSPS) is 25.3. The average molecular weight is 469 g/mol. The lowest BCUT2D eigenvalue weighted by Gasteiger charge is -2.36. The van der Waals surface area contributed by atoms with Crippen LogP contribution in [0.3, 0.4) is 0 Å². The van der Waals surface area contributed by atoms with E-state index in [1.54, 1.807) is 4.90 Å². The number of nitrogens with one attached hydrogen (secondary N) is 3. The maximum Gasteiger partial charge on any atom is 0.289 e. The van der Waals surface area contributed by atoms with Gasteiger partial charge >= 0.3 is 0 Å². The molecule has 0 spiro atoms. The lowest BCUT2D eigenvalue weighted by molar-refractivity contribution is -0.145. The molecule has 5 atom stereocenters. The van der Waals surface area contributed by atoms with Crippen LogP contribution in [0.1, 0.15) is 54.4 Å². The highest BCUT2D eigenvalue weighted by Crippen LogP contribution is 2.65. The Balaban J connectivity index is 2.24. The molecule has 2 fully saturated rings. The Labute approximate surface area is 196 Å². The molecule has 180 valence electrons. The van der Waals surface area contributed by atoms with Crippen molar-refractivity contribution < 1.29 is 19.2 Å². The maximum absolute atomic E-state index is 13.4. The van der Waals surface area contributed by atoms with Crippen LogP contribution in [0.4, 0.5) is 0 Å². The van der Waals surface area contributed by atoms with Crippen molar-refractivity contribution in [3.63, 3.8) is 0 Å². The second-order valence-electron chi connectivity index (χ2n) is 10.5. The van der Waals surface area contributed by atoms with Crippen molar-refractivity contribution in [2.75, 3.05) is 13.1 Å². The van der Waals surface area contributed by atoms with Crippen molar-refractivity contribution in [1.29, 1.82) is 0 Å². The van der Waals surface area contributed by atoms with Gasteiger partial charge in [-0.1, -0.05) is 54.0 Å². The molecule has 1 aliphatic carbocycles. The number of rotatable bonds is 10. The van der Waals surface area contributed by atoms with Gasteiger partial charge in [-0.25, -0.2) is 4.84 Å². The summed E-state index contributed by atoms with van der Waals surface area (Å²) < 4.78 is 0. The van der Waals surface area contributed by atoms with Gasteiger partial charge in [0, 0.05) is 13.1 Å². The fraction of sp³-hybridized carbons (Fsp3) is 0.739. The minimum atomic E-state index is -0.945. The van der Waals surface area contributed by atoms with Gasteiger partial charge in [0.25, 0.3) is 5.91 Å². The van der Waals surface area contributed by atoms with E-state index in [9.17, 15) is 19.2 Å². The number of likely N-dealkylation sites (tertiary alicyclic amines) is 1. The Bertz CT molecular complexity index is 776. The summed E-state index contributed by atoms with van der Waals surface area (Å²) >= 11 is 5.91. The highest BCUT2D eigenvalue weighted by Gasteiger charge is 2.69. The van der Waals surface area contributed by atoms with Crippen LogP contribution < -0.4 is 15.5 Å². The number of amides is 3. The van der Waals surface area contributed by atoms with Crippen LogP contribution in [-0.2, 0) is 19.2 Å². The smallest absolute Gasteiger partial charge is 0.289 e. The molecule has 8 nitrogen and oxygen atoms in total. The van der Waals surface area contributed by atoms with Crippen molar-refractivity contribution in [1.82, 2.24) is 20.4 Å². The van der Waals surface area contributed by atoms with Crippen LogP contribution in [0, 0.1) is 22.7 Å². The highest BCUT2D eigenvalue weighted by atomic mass is 35.5. The van der Waals surface area contributed by atoms with E-state index in [1.165, 1.54) is 6.08 Å². The van der Waals surface area contributed by atoms with Crippen molar-refractivity contribution in [3.8, 4) is 0 Å². The predicted molar refractivity (Wildman–Crippen MR) is 124 cm³/mol. The molecule has 2 aliphatic rings. The third-order valence-electron chi connectivity index (χ3n) is 6.82. The number of hydrogen-bond donors (Lipinski definition) is 3. The number of carbonyl (C=O) groups excluding carboxylic acids is 4. The first-order chi connectivity index (χ1) is 14.8. The fourth-order valence-corrected chi connectivity index (χ4v) is 5.21. The van der Waals surface area contributed by atoms with E-state index in [0.717, 1.165) is 0 Å². The van der Waals surface area contributed by atoms with Gasteiger partial charge in [0.15, 0.2) is 0 Å². The molecule has 0 bridgehead atoms. The van der Waals surface area contributed by atoms with Gasteiger partial charge in [-0.3, -0.25) is 19.2 Å². The molecule has 0 radical (unpaired) electrons. The van der Waals surface area contributed by atoms with E-state index in [4.69, 9.17) is 11.8 Å². The van der Waals surface area contributed by atoms with E-state index in [2.05, 4.69) is 35.9 Å². The van der Waals surface area contributed by atoms with Crippen molar-refractivity contribution in [2.45, 2.75) is 72.5 Å². The summed E-state index contributed by atoms with van der Waals surface area (Å²) in [6.45, 7) is 15.9. The topological polar surface area (TPSA) is 108 Å². The molecule has 3 amide bonds. The van der Waals surface area contributed by atoms with Crippen molar-refractivity contribution in [3.05, 3.63) is 12.7 Å². The minimum Gasteiger partial charge on any atom is -0.346 e. The van der Waals surface area contributed by atoms with Gasteiger partial charge in [-0.05, 0) is 40.9 Å². The van der Waals surface area contributed by atoms with Crippen LogP contribution in [0.5, 0.6) is 0 Å². The maximum atomic E-state index is 13.4. The van der Waals surface area contributed by atoms with E-state index in [0.29, 0.717) is 19.4 Å². The number of nitrogens with zero attached hydrogens (tertiary/aromatic N) is 1. The standard InChI is InChI=1S/C23H37ClN4O4/c1-8-10-14(17(29)20(31)25-11-9-2)26-19(30)16-15-13(23(15,6)7)12-28(16)21(32)18(27-24)22(3,4)5/h9,13-16,18,27H,2,8,10-12H2,1,3-7H3,(H,25,31)(H,26,30)/t13-,14?,15-,16-,18+/m0/s1. The summed E-state index contributed by atoms with van der Waals surface area (Å²) in [5.41, 5.74) is -0.526. The lowest BCUT2D eigenvalue weighted by atomic mass is 9.86. The van der Waals surface area contributed by atoms with Gasteiger partial charge in [-0.2, -0.15) is 0 Å². The molecule has 9 heteroatoms. The SMILES string of the molecule is C=CCNC(=O)C(=O)C(CCC)NC(=O)[C@@H]1[C@@H]2[C@H](CN1C(=O)[C@@H](NCl)C(C)(C)C)C2(C)C. The van der Waals surface area contributed by atoms with E-state index in [1.807, 2.05) is 27.7 Å². The second-order valence-corrected chi connectivity index (χ2v) is 10.7. The molecule has 1 heterocycles. The number of hydrogen-bond acceptors (Lipinski definition) is 5. The zero-order valence-electron chi connectivity index (χ0n) is 20.0. The molecular formula is C23H37ClN4O4. The molecule has 1 saturated heterocycles. The number of piperidine rings is 1. The van der Waals surface area contributed by atoms with Gasteiger partial charge in [0.1, 0.15) is 12.1 Å². The van der Waals surface area contributed by atoms with Crippen LogP contribution in [0.2, 0.25) is 0 Å². The first-order valence-electron chi connectivity index (χ1n) is 11.2. The second kappa shape index (κ2) is 9.91. The number of fused-ring (bicyclic) bond motifs is 1. The molecule has 1 saturated carbocycles. The van der Waals surface area contributed by atoms with Crippen LogP contribution in [0.15, 0.2) is 12.7 Å². The number of ketones is 1. The van der Waals surface area contributed by atoms with Crippen molar-refractivity contribution >= 4 is 35.3 Å².